The molecule has 0 amide bonds. The van der Waals surface area contributed by atoms with Gasteiger partial charge in [0.1, 0.15) is 6.61 Å². The van der Waals surface area contributed by atoms with Gasteiger partial charge in [-0.3, -0.25) is 18.6 Å². The van der Waals surface area contributed by atoms with Crippen LogP contribution in [0.2, 0.25) is 0 Å². The van der Waals surface area contributed by atoms with E-state index >= 15 is 0 Å². The Morgan fingerprint density at radius 2 is 0.927 bits per heavy atom. The van der Waals surface area contributed by atoms with E-state index in [2.05, 4.69) is 86.8 Å². The summed E-state index contributed by atoms with van der Waals surface area (Å²) in [5.41, 5.74) is 0. The van der Waals surface area contributed by atoms with Crippen molar-refractivity contribution in [3.05, 3.63) is 72.9 Å². The average Bonchev–Trinajstić information content (AvgIpc) is 3.16. The second-order valence-corrected chi connectivity index (χ2v) is 15.4. The summed E-state index contributed by atoms with van der Waals surface area (Å²) in [7, 11) is -4.29. The van der Waals surface area contributed by atoms with E-state index in [9.17, 15) is 19.0 Å². The Labute approximate surface area is 336 Å². The van der Waals surface area contributed by atoms with Crippen LogP contribution in [0.3, 0.4) is 0 Å². The number of hydrogen-bond donors (Lipinski definition) is 1. The fourth-order valence-electron chi connectivity index (χ4n) is 5.59. The van der Waals surface area contributed by atoms with Gasteiger partial charge in [0.2, 0.25) is 0 Å². The summed E-state index contributed by atoms with van der Waals surface area (Å²) in [6.45, 7) is 5.30. The zero-order valence-electron chi connectivity index (χ0n) is 35.1. The summed E-state index contributed by atoms with van der Waals surface area (Å²) in [4.78, 5) is 34.8. The molecule has 0 spiro atoms. The Hall–Kier alpha value is -2.51. The average molecular weight is 791 g/mol. The van der Waals surface area contributed by atoms with Gasteiger partial charge < -0.3 is 14.4 Å². The number of esters is 2. The molecule has 2 unspecified atom stereocenters. The van der Waals surface area contributed by atoms with Crippen molar-refractivity contribution in [2.45, 2.75) is 187 Å². The number of rotatable bonds is 39. The predicted octanol–water partition coefficient (Wildman–Crippen LogP) is 13.7. The van der Waals surface area contributed by atoms with E-state index in [1.54, 1.807) is 6.92 Å². The number of phosphoric acid groups is 1. The van der Waals surface area contributed by atoms with Crippen molar-refractivity contribution < 1.29 is 37.6 Å². The molecule has 0 aliphatic heterocycles. The molecule has 1 N–H and O–H groups in total. The monoisotopic (exact) mass is 791 g/mol. The molecule has 0 aliphatic carbocycles. The molecule has 316 valence electrons. The minimum atomic E-state index is -4.29. The summed E-state index contributed by atoms with van der Waals surface area (Å²) in [6.07, 6.45) is 50.9. The molecule has 0 aromatic rings. The van der Waals surface area contributed by atoms with E-state index in [1.165, 1.54) is 51.4 Å². The first-order valence-electron chi connectivity index (χ1n) is 21.7. The van der Waals surface area contributed by atoms with Gasteiger partial charge in [-0.25, -0.2) is 4.57 Å². The number of unbranched alkanes of at least 4 members (excludes halogenated alkanes) is 15. The molecule has 0 fully saturated rings. The molecule has 0 aromatic heterocycles. The van der Waals surface area contributed by atoms with Crippen LogP contribution in [0.4, 0.5) is 0 Å². The first-order valence-corrected chi connectivity index (χ1v) is 23.2. The van der Waals surface area contributed by atoms with E-state index in [-0.39, 0.29) is 32.0 Å². The lowest BCUT2D eigenvalue weighted by molar-refractivity contribution is -0.161. The van der Waals surface area contributed by atoms with Crippen LogP contribution >= 0.6 is 7.82 Å². The lowest BCUT2D eigenvalue weighted by Crippen LogP contribution is -2.29. The van der Waals surface area contributed by atoms with E-state index < -0.39 is 26.5 Å². The SMILES string of the molecule is CC/C=C\C/C=C\C/C=C\C/C=C\CCCCCCC(=O)OC(COC(=O)CCCCCCCCC/C=C\C/C=C\CCCCCC)COP(=O)(O)OCC. The highest BCUT2D eigenvalue weighted by molar-refractivity contribution is 7.47. The quantitative estimate of drug-likeness (QED) is 0.0284. The summed E-state index contributed by atoms with van der Waals surface area (Å²) >= 11 is 0. The number of ether oxygens (including phenoxy) is 2. The van der Waals surface area contributed by atoms with Gasteiger partial charge in [-0.15, -0.1) is 0 Å². The molecule has 0 radical (unpaired) electrons. The number of carbonyl (C=O) groups excluding carboxylic acids is 2. The van der Waals surface area contributed by atoms with Crippen molar-refractivity contribution in [1.82, 2.24) is 0 Å². The van der Waals surface area contributed by atoms with Crippen LogP contribution in [-0.4, -0.2) is 42.8 Å². The van der Waals surface area contributed by atoms with Gasteiger partial charge in [-0.1, -0.05) is 151 Å². The van der Waals surface area contributed by atoms with E-state index in [1.807, 2.05) is 0 Å². The molecule has 0 aromatic carbocycles. The van der Waals surface area contributed by atoms with Gasteiger partial charge in [0.15, 0.2) is 6.10 Å². The van der Waals surface area contributed by atoms with Crippen molar-refractivity contribution in [1.29, 1.82) is 0 Å². The summed E-state index contributed by atoms with van der Waals surface area (Å²) in [5, 5.41) is 0. The fourth-order valence-corrected chi connectivity index (χ4v) is 6.35. The Morgan fingerprint density at radius 1 is 0.509 bits per heavy atom. The van der Waals surface area contributed by atoms with Crippen molar-refractivity contribution in [2.24, 2.45) is 0 Å². The van der Waals surface area contributed by atoms with Crippen LogP contribution in [0.25, 0.3) is 0 Å². The third-order valence-corrected chi connectivity index (χ3v) is 9.81. The predicted molar refractivity (Wildman–Crippen MR) is 230 cm³/mol. The maximum Gasteiger partial charge on any atom is 0.472 e. The standard InChI is InChI=1S/C46H79O8P/c1-4-7-9-11-13-15-17-19-21-23-25-26-28-30-32-34-36-38-40-45(47)51-42-44(43-53-55(49,50)52-6-3)54-46(48)41-39-37-35-33-31-29-27-24-22-20-18-16-14-12-10-8-5-2/h8,10,14-17,20-23,27,29,44H,4-7,9,11-13,18-19,24-26,28,30-43H2,1-3H3,(H,49,50)/b10-8-,16-14-,17-15-,22-20-,23-21-,29-27-. The maximum absolute atomic E-state index is 12.6. The number of phosphoric ester groups is 1. The highest BCUT2D eigenvalue weighted by atomic mass is 31.2. The highest BCUT2D eigenvalue weighted by Gasteiger charge is 2.25. The summed E-state index contributed by atoms with van der Waals surface area (Å²) in [6, 6.07) is 0. The molecule has 55 heavy (non-hydrogen) atoms. The van der Waals surface area contributed by atoms with Gasteiger partial charge >= 0.3 is 19.8 Å². The Kier molecular flexibility index (Phi) is 39.3. The molecule has 9 heteroatoms. The van der Waals surface area contributed by atoms with Gasteiger partial charge in [0, 0.05) is 12.8 Å². The van der Waals surface area contributed by atoms with Gasteiger partial charge in [0.25, 0.3) is 0 Å². The number of allylic oxidation sites excluding steroid dienone is 12. The van der Waals surface area contributed by atoms with Gasteiger partial charge in [0.05, 0.1) is 13.2 Å². The second-order valence-electron chi connectivity index (χ2n) is 14.0. The minimum Gasteiger partial charge on any atom is -0.462 e. The molecule has 8 nitrogen and oxygen atoms in total. The topological polar surface area (TPSA) is 108 Å². The van der Waals surface area contributed by atoms with Gasteiger partial charge in [-0.2, -0.15) is 0 Å². The third kappa shape index (κ3) is 41.0. The highest BCUT2D eigenvalue weighted by Crippen LogP contribution is 2.43. The lowest BCUT2D eigenvalue weighted by Gasteiger charge is -2.19. The first kappa shape index (κ1) is 52.5. The molecule has 0 heterocycles. The van der Waals surface area contributed by atoms with Crippen LogP contribution < -0.4 is 0 Å². The fraction of sp³-hybridized carbons (Fsp3) is 0.696. The third-order valence-electron chi connectivity index (χ3n) is 8.75. The van der Waals surface area contributed by atoms with Crippen LogP contribution in [0.15, 0.2) is 72.9 Å². The molecular formula is C46H79O8P. The molecule has 2 atom stereocenters. The van der Waals surface area contributed by atoms with Crippen molar-refractivity contribution in [3.63, 3.8) is 0 Å². The molecule has 0 saturated carbocycles. The minimum absolute atomic E-state index is 0.00967. The van der Waals surface area contributed by atoms with Crippen LogP contribution in [0.5, 0.6) is 0 Å². The van der Waals surface area contributed by atoms with Crippen LogP contribution in [0, 0.1) is 0 Å². The second kappa shape index (κ2) is 41.1. The molecule has 0 aliphatic rings. The van der Waals surface area contributed by atoms with Crippen molar-refractivity contribution >= 4 is 19.8 Å². The summed E-state index contributed by atoms with van der Waals surface area (Å²) in [5.74, 6) is -0.839. The zero-order chi connectivity index (χ0) is 40.3. The van der Waals surface area contributed by atoms with Gasteiger partial charge in [-0.05, 0) is 90.4 Å². The van der Waals surface area contributed by atoms with Crippen LogP contribution in [0.1, 0.15) is 181 Å². The Balaban J connectivity index is 4.15. The molecular weight excluding hydrogens is 711 g/mol. The first-order chi connectivity index (χ1) is 26.8. The Bertz CT molecular complexity index is 1120. The maximum atomic E-state index is 12.6. The largest absolute Gasteiger partial charge is 0.472 e. The van der Waals surface area contributed by atoms with E-state index in [0.717, 1.165) is 89.9 Å². The van der Waals surface area contributed by atoms with E-state index in [4.69, 9.17) is 18.5 Å². The normalized spacial score (nSPS) is 14.0. The lowest BCUT2D eigenvalue weighted by atomic mass is 10.1. The smallest absolute Gasteiger partial charge is 0.462 e. The molecule has 0 bridgehead atoms. The zero-order valence-corrected chi connectivity index (χ0v) is 36.0. The molecule has 0 saturated heterocycles. The van der Waals surface area contributed by atoms with Crippen molar-refractivity contribution in [3.8, 4) is 0 Å². The van der Waals surface area contributed by atoms with E-state index in [0.29, 0.717) is 6.42 Å². The number of hydrogen-bond acceptors (Lipinski definition) is 7. The van der Waals surface area contributed by atoms with Crippen LogP contribution in [-0.2, 0) is 32.7 Å². The van der Waals surface area contributed by atoms with Crippen molar-refractivity contribution in [2.75, 3.05) is 19.8 Å². The summed E-state index contributed by atoms with van der Waals surface area (Å²) < 4.78 is 32.6. The number of carbonyl (C=O) groups is 2. The Morgan fingerprint density at radius 3 is 1.40 bits per heavy atom. The molecule has 0 rings (SSSR count).